The summed E-state index contributed by atoms with van der Waals surface area (Å²) >= 11 is 6.13. The Bertz CT molecular complexity index is 1220. The highest BCUT2D eigenvalue weighted by molar-refractivity contribution is 6.32. The molecule has 0 unspecified atom stereocenters. The van der Waals surface area contributed by atoms with E-state index in [1.807, 2.05) is 0 Å². The molecule has 164 valence electrons. The summed E-state index contributed by atoms with van der Waals surface area (Å²) in [4.78, 5) is 12.2. The molecule has 0 fully saturated rings. The maximum atomic E-state index is 14.2. The van der Waals surface area contributed by atoms with Crippen molar-refractivity contribution in [3.8, 4) is 11.5 Å². The number of nitrogens with zero attached hydrogens (tertiary/aromatic N) is 4. The molecule has 0 spiro atoms. The van der Waals surface area contributed by atoms with E-state index in [4.69, 9.17) is 25.6 Å². The van der Waals surface area contributed by atoms with E-state index in [0.29, 0.717) is 39.6 Å². The predicted octanol–water partition coefficient (Wildman–Crippen LogP) is 5.04. The molecule has 0 aliphatic carbocycles. The van der Waals surface area contributed by atoms with Crippen molar-refractivity contribution in [2.75, 3.05) is 17.7 Å². The van der Waals surface area contributed by atoms with Crippen LogP contribution >= 0.6 is 11.6 Å². The number of hydrogen-bond acceptors (Lipinski definition) is 9. The first kappa shape index (κ1) is 21.3. The first-order valence-corrected chi connectivity index (χ1v) is 9.80. The van der Waals surface area contributed by atoms with Gasteiger partial charge in [0.15, 0.2) is 24.1 Å². The molecule has 0 radical (unpaired) electrons. The Morgan fingerprint density at radius 3 is 2.53 bits per heavy atom. The number of halogens is 2. The average molecular weight is 457 g/mol. The Kier molecular flexibility index (Phi) is 6.31. The average Bonchev–Trinajstić information content (AvgIpc) is 3.21. The molecule has 0 aliphatic rings. The lowest BCUT2D eigenvalue weighted by atomic mass is 10.3. The van der Waals surface area contributed by atoms with E-state index in [9.17, 15) is 4.39 Å². The molecule has 4 rings (SSSR count). The minimum absolute atomic E-state index is 0.0112. The summed E-state index contributed by atoms with van der Waals surface area (Å²) in [7, 11) is 1.53. The number of hydrogen-bond donors (Lipinski definition) is 2. The van der Waals surface area contributed by atoms with Gasteiger partial charge in [0.05, 0.1) is 18.3 Å². The molecule has 0 atom stereocenters. The second kappa shape index (κ2) is 9.48. The molecule has 0 saturated carbocycles. The highest BCUT2D eigenvalue weighted by atomic mass is 35.5. The van der Waals surface area contributed by atoms with Crippen LogP contribution in [0.15, 0.2) is 53.2 Å². The smallest absolute Gasteiger partial charge is 0.264 e. The molecule has 0 saturated heterocycles. The molecule has 0 bridgehead atoms. The van der Waals surface area contributed by atoms with E-state index in [-0.39, 0.29) is 18.4 Å². The van der Waals surface area contributed by atoms with Crippen LogP contribution < -0.4 is 20.1 Å². The maximum Gasteiger partial charge on any atom is 0.264 e. The van der Waals surface area contributed by atoms with Crippen LogP contribution in [0.3, 0.4) is 0 Å². The molecule has 2 N–H and O–H groups in total. The fraction of sp³-hybridized carbons (Fsp3) is 0.143. The van der Waals surface area contributed by atoms with Gasteiger partial charge in [0, 0.05) is 11.4 Å². The fourth-order valence-corrected chi connectivity index (χ4v) is 2.96. The zero-order chi connectivity index (χ0) is 22.5. The minimum Gasteiger partial charge on any atom is -0.495 e. The SMILES string of the molecule is COc1ccc(Nc2ncc(F)c(Nc3ccc(OCc4nc(C)no4)cc3)n2)cc1Cl. The van der Waals surface area contributed by atoms with Gasteiger partial charge in [0.25, 0.3) is 5.89 Å². The third-order valence-electron chi connectivity index (χ3n) is 4.20. The highest BCUT2D eigenvalue weighted by Crippen LogP contribution is 2.29. The van der Waals surface area contributed by atoms with Crippen LogP contribution in [0, 0.1) is 12.7 Å². The van der Waals surface area contributed by atoms with Crippen LogP contribution in [0.4, 0.5) is 27.5 Å². The highest BCUT2D eigenvalue weighted by Gasteiger charge is 2.10. The summed E-state index contributed by atoms with van der Waals surface area (Å²) in [5.41, 5.74) is 1.24. The first-order valence-electron chi connectivity index (χ1n) is 9.42. The van der Waals surface area contributed by atoms with Crippen molar-refractivity contribution in [1.82, 2.24) is 20.1 Å². The van der Waals surface area contributed by atoms with Crippen molar-refractivity contribution < 1.29 is 18.4 Å². The zero-order valence-electron chi connectivity index (χ0n) is 17.1. The van der Waals surface area contributed by atoms with E-state index in [2.05, 4.69) is 30.7 Å². The molecule has 2 aromatic heterocycles. The van der Waals surface area contributed by atoms with Crippen LogP contribution in [0.2, 0.25) is 5.02 Å². The van der Waals surface area contributed by atoms with E-state index in [1.54, 1.807) is 49.4 Å². The number of methoxy groups -OCH3 is 1. The third kappa shape index (κ3) is 5.22. The summed E-state index contributed by atoms with van der Waals surface area (Å²) < 4.78 is 30.0. The Balaban J connectivity index is 1.41. The Labute approximate surface area is 187 Å². The second-order valence-electron chi connectivity index (χ2n) is 6.54. The zero-order valence-corrected chi connectivity index (χ0v) is 17.9. The van der Waals surface area contributed by atoms with Gasteiger partial charge in [-0.3, -0.25) is 0 Å². The summed E-state index contributed by atoms with van der Waals surface area (Å²) in [6, 6.07) is 12.0. The second-order valence-corrected chi connectivity index (χ2v) is 6.95. The van der Waals surface area contributed by atoms with Crippen molar-refractivity contribution in [2.24, 2.45) is 0 Å². The van der Waals surface area contributed by atoms with Gasteiger partial charge >= 0.3 is 0 Å². The Morgan fingerprint density at radius 1 is 1.06 bits per heavy atom. The summed E-state index contributed by atoms with van der Waals surface area (Å²) in [6.07, 6.45) is 1.08. The van der Waals surface area contributed by atoms with Crippen LogP contribution in [0.5, 0.6) is 11.5 Å². The number of aryl methyl sites for hydroxylation is 1. The lowest BCUT2D eigenvalue weighted by Gasteiger charge is -2.11. The molecule has 32 heavy (non-hydrogen) atoms. The number of anilines is 4. The van der Waals surface area contributed by atoms with E-state index in [1.165, 1.54) is 7.11 Å². The van der Waals surface area contributed by atoms with Gasteiger partial charge in [-0.2, -0.15) is 9.97 Å². The molecular formula is C21H18ClFN6O3. The van der Waals surface area contributed by atoms with Gasteiger partial charge in [-0.15, -0.1) is 0 Å². The number of benzene rings is 2. The lowest BCUT2D eigenvalue weighted by Crippen LogP contribution is -2.03. The molecule has 0 amide bonds. The molecule has 4 aromatic rings. The number of nitrogens with one attached hydrogen (secondary N) is 2. The first-order chi connectivity index (χ1) is 15.5. The van der Waals surface area contributed by atoms with Crippen molar-refractivity contribution in [3.05, 3.63) is 71.2 Å². The van der Waals surface area contributed by atoms with Crippen LogP contribution in [0.1, 0.15) is 11.7 Å². The van der Waals surface area contributed by atoms with E-state index < -0.39 is 5.82 Å². The topological polar surface area (TPSA) is 107 Å². The molecule has 2 heterocycles. The largest absolute Gasteiger partial charge is 0.495 e. The van der Waals surface area contributed by atoms with Crippen LogP contribution in [0.25, 0.3) is 0 Å². The van der Waals surface area contributed by atoms with Gasteiger partial charge in [-0.1, -0.05) is 16.8 Å². The molecule has 0 aliphatic heterocycles. The molecule has 2 aromatic carbocycles. The number of rotatable bonds is 8. The Morgan fingerprint density at radius 2 is 1.84 bits per heavy atom. The van der Waals surface area contributed by atoms with Gasteiger partial charge < -0.3 is 24.6 Å². The van der Waals surface area contributed by atoms with Gasteiger partial charge in [-0.05, 0) is 49.4 Å². The van der Waals surface area contributed by atoms with Gasteiger partial charge in [0.1, 0.15) is 11.5 Å². The molecular weight excluding hydrogens is 439 g/mol. The predicted molar refractivity (Wildman–Crippen MR) is 116 cm³/mol. The normalized spacial score (nSPS) is 10.6. The lowest BCUT2D eigenvalue weighted by molar-refractivity contribution is 0.242. The van der Waals surface area contributed by atoms with Gasteiger partial charge in [-0.25, -0.2) is 9.37 Å². The summed E-state index contributed by atoms with van der Waals surface area (Å²) in [6.45, 7) is 1.88. The van der Waals surface area contributed by atoms with Crippen molar-refractivity contribution in [2.45, 2.75) is 13.5 Å². The van der Waals surface area contributed by atoms with Crippen molar-refractivity contribution in [1.29, 1.82) is 0 Å². The summed E-state index contributed by atoms with van der Waals surface area (Å²) in [5.74, 6) is 1.66. The summed E-state index contributed by atoms with van der Waals surface area (Å²) in [5, 5.41) is 10.0. The van der Waals surface area contributed by atoms with Crippen molar-refractivity contribution >= 4 is 34.7 Å². The van der Waals surface area contributed by atoms with E-state index >= 15 is 0 Å². The van der Waals surface area contributed by atoms with Crippen molar-refractivity contribution in [3.63, 3.8) is 0 Å². The van der Waals surface area contributed by atoms with Crippen LogP contribution in [-0.2, 0) is 6.61 Å². The minimum atomic E-state index is -0.601. The number of aromatic nitrogens is 4. The monoisotopic (exact) mass is 456 g/mol. The molecule has 9 nitrogen and oxygen atoms in total. The Hall–Kier alpha value is -3.92. The van der Waals surface area contributed by atoms with Crippen LogP contribution in [-0.4, -0.2) is 27.2 Å². The quantitative estimate of drug-likeness (QED) is 0.377. The van der Waals surface area contributed by atoms with E-state index in [0.717, 1.165) is 6.20 Å². The van der Waals surface area contributed by atoms with Gasteiger partial charge in [0.2, 0.25) is 5.95 Å². The fourth-order valence-electron chi connectivity index (χ4n) is 2.70. The molecule has 11 heteroatoms. The standard InChI is InChI=1S/C21H18ClFN6O3/c1-12-25-19(32-29-12)11-31-15-6-3-13(4-7-15)26-20-17(23)10-24-21(28-20)27-14-5-8-18(30-2)16(22)9-14/h3-10H,11H2,1-2H3,(H2,24,26,27,28). The maximum absolute atomic E-state index is 14.2. The number of ether oxygens (including phenoxy) is 2. The third-order valence-corrected chi connectivity index (χ3v) is 4.50.